The van der Waals surface area contributed by atoms with Gasteiger partial charge in [0, 0.05) is 17.5 Å². The molecule has 0 radical (unpaired) electrons. The van der Waals surface area contributed by atoms with E-state index in [4.69, 9.17) is 9.47 Å². The molecule has 6 unspecified atom stereocenters. The summed E-state index contributed by atoms with van der Waals surface area (Å²) in [4.78, 5) is 0. The summed E-state index contributed by atoms with van der Waals surface area (Å²) in [7, 11) is 0. The van der Waals surface area contributed by atoms with Gasteiger partial charge in [0.1, 0.15) is 0 Å². The first-order valence-electron chi connectivity index (χ1n) is 31.7. The zero-order chi connectivity index (χ0) is 53.8. The van der Waals surface area contributed by atoms with E-state index in [9.17, 15) is 0 Å². The fourth-order valence-electron chi connectivity index (χ4n) is 10.6. The SMILES string of the molecule is C.C.C.C.C.C.C.C.C.CC1=CCC(C)CC1.CC1=CCC(C)CC1.CC1CCC(C)CC1.CC1CCC(C)CC1.CC1CCC(C)CC1.CC1CCC(C)CC1.CC1CCC(C)OC1.CC1CCC(C)OC1.Cc1ccc(C)cc1.[2HH].[HH].[HH]. The van der Waals surface area contributed by atoms with Gasteiger partial charge in [-0.3, -0.25) is 0 Å². The van der Waals surface area contributed by atoms with Gasteiger partial charge in [-0.2, -0.15) is 0 Å². The summed E-state index contributed by atoms with van der Waals surface area (Å²) >= 11 is 0. The maximum absolute atomic E-state index is 5.39. The minimum Gasteiger partial charge on any atom is -0.378 e. The minimum absolute atomic E-state index is 0. The third-order valence-corrected chi connectivity index (χ3v) is 17.7. The minimum atomic E-state index is 0. The smallest absolute Gasteiger partial charge is 0.0547 e. The Morgan fingerprint density at radius 1 is 0.272 bits per heavy atom. The summed E-state index contributed by atoms with van der Waals surface area (Å²) in [5.41, 5.74) is 5.83. The van der Waals surface area contributed by atoms with Gasteiger partial charge in [0.2, 0.25) is 0 Å². The van der Waals surface area contributed by atoms with Crippen molar-refractivity contribution in [3.8, 4) is 0 Å². The Balaban J connectivity index is -0.0000000682. The van der Waals surface area contributed by atoms with Crippen LogP contribution in [0.25, 0.3) is 0 Å². The molecule has 2 heteroatoms. The first-order chi connectivity index (χ1) is 34.1. The Labute approximate surface area is 524 Å². The highest BCUT2D eigenvalue weighted by atomic mass is 16.5. The Morgan fingerprint density at radius 3 is 0.580 bits per heavy atom. The lowest BCUT2D eigenvalue weighted by Crippen LogP contribution is -2.21. The first-order valence-corrected chi connectivity index (χ1v) is 31.7. The van der Waals surface area contributed by atoms with Crippen LogP contribution in [0.3, 0.4) is 0 Å². The number of aryl methyl sites for hydroxylation is 2. The normalized spacial score (nSPS) is 30.3. The van der Waals surface area contributed by atoms with Crippen LogP contribution in [0.1, 0.15) is 360 Å². The lowest BCUT2D eigenvalue weighted by molar-refractivity contribution is 0.000174. The second-order valence-electron chi connectivity index (χ2n) is 27.1. The quantitative estimate of drug-likeness (QED) is 0.241. The van der Waals surface area contributed by atoms with E-state index in [0.29, 0.717) is 12.2 Å². The van der Waals surface area contributed by atoms with Crippen molar-refractivity contribution in [1.29, 1.82) is 0 Å². The van der Waals surface area contributed by atoms with E-state index in [0.717, 1.165) is 84.2 Å². The molecule has 1 aromatic rings. The zero-order valence-electron chi connectivity index (χ0n) is 52.2. The number of rotatable bonds is 0. The zero-order valence-corrected chi connectivity index (χ0v) is 52.2. The Kier molecular flexibility index (Phi) is 73.5. The summed E-state index contributed by atoms with van der Waals surface area (Å²) in [6.07, 6.45) is 42.7. The molecule has 4 saturated carbocycles. The van der Waals surface area contributed by atoms with E-state index in [2.05, 4.69) is 161 Å². The topological polar surface area (TPSA) is 18.5 Å². The van der Waals surface area contributed by atoms with E-state index in [1.165, 1.54) is 178 Å². The molecule has 6 atom stereocenters. The van der Waals surface area contributed by atoms with Gasteiger partial charge in [-0.25, -0.2) is 0 Å². The van der Waals surface area contributed by atoms with Crippen LogP contribution in [0.5, 0.6) is 0 Å². The lowest BCUT2D eigenvalue weighted by atomic mass is 9.84. The summed E-state index contributed by atoms with van der Waals surface area (Å²) in [5.74, 6) is 11.6. The fraction of sp³-hybridized carbons (Fsp3) is 0.873. The van der Waals surface area contributed by atoms with Crippen LogP contribution < -0.4 is 0 Å². The standard InChI is InChI=1S/4C8H16.2C8H14.C8H10.2C7H14O.9CH4.3H2/c7*1-7-3-5-8(2)6-4-7;2*1-6-3-4-7(2)8-5-6;;;;;;;;;;;;/h4*7-8H,3-6H2,1-2H3;2*3,8H,4-6H2,1-2H3;3-6H,1-2H3;2*6-7H,3-5H2,1-2H3;9*1H4;3*1H/i;;;;;;;;;;;;;;;;;;1+1;;. The molecule has 0 amide bonds. The van der Waals surface area contributed by atoms with Gasteiger partial charge in [-0.1, -0.05) is 311 Å². The van der Waals surface area contributed by atoms with Crippen LogP contribution in [0.15, 0.2) is 47.6 Å². The van der Waals surface area contributed by atoms with E-state index >= 15 is 0 Å². The van der Waals surface area contributed by atoms with Crippen LogP contribution in [0.4, 0.5) is 0 Å². The monoisotopic (exact) mass is 1150 g/mol. The van der Waals surface area contributed by atoms with Gasteiger partial charge in [0.15, 0.2) is 0 Å². The van der Waals surface area contributed by atoms with Crippen LogP contribution >= 0.6 is 0 Å². The highest BCUT2D eigenvalue weighted by Crippen LogP contribution is 2.30. The largest absolute Gasteiger partial charge is 0.378 e. The van der Waals surface area contributed by atoms with Crippen LogP contribution in [0, 0.1) is 84.9 Å². The maximum Gasteiger partial charge on any atom is 0.0547 e. The molecule has 2 nitrogen and oxygen atoms in total. The molecular weight excluding hydrogens is 981 g/mol. The summed E-state index contributed by atoms with van der Waals surface area (Å²) in [6.45, 7) is 42.9. The molecule has 2 saturated heterocycles. The van der Waals surface area contributed by atoms with Crippen molar-refractivity contribution in [1.82, 2.24) is 0 Å². The highest BCUT2D eigenvalue weighted by molar-refractivity contribution is 5.19. The Bertz CT molecular complexity index is 1160. The summed E-state index contributed by atoms with van der Waals surface area (Å²) in [5, 5.41) is 0. The molecule has 2 heterocycles. The third-order valence-electron chi connectivity index (χ3n) is 17.7. The van der Waals surface area contributed by atoms with Crippen molar-refractivity contribution in [3.05, 3.63) is 58.7 Å². The molecule has 6 aliphatic carbocycles. The van der Waals surface area contributed by atoms with E-state index < -0.39 is 0 Å². The van der Waals surface area contributed by atoms with Crippen molar-refractivity contribution in [2.75, 3.05) is 13.2 Å². The average molecular weight is 1160 g/mol. The molecule has 0 N–H and O–H groups in total. The number of hydrogen-bond donors (Lipinski definition) is 0. The number of ether oxygens (including phenoxy) is 2. The Hall–Kier alpha value is -1.38. The second kappa shape index (κ2) is 60.3. The van der Waals surface area contributed by atoms with Crippen molar-refractivity contribution in [2.24, 2.45) is 71.0 Å². The molecule has 0 aromatic heterocycles. The summed E-state index contributed by atoms with van der Waals surface area (Å²) in [6, 6.07) is 8.48. The fourth-order valence-corrected chi connectivity index (χ4v) is 10.6. The molecule has 1 aromatic carbocycles. The van der Waals surface area contributed by atoms with Gasteiger partial charge >= 0.3 is 0 Å². The van der Waals surface area contributed by atoms with Gasteiger partial charge in [-0.15, -0.1) is 0 Å². The van der Waals surface area contributed by atoms with Gasteiger partial charge in [0.05, 0.1) is 12.2 Å². The second-order valence-corrected chi connectivity index (χ2v) is 27.1. The highest BCUT2D eigenvalue weighted by Gasteiger charge is 2.17. The third kappa shape index (κ3) is 58.8. The number of allylic oxidation sites excluding steroid dienone is 4. The van der Waals surface area contributed by atoms with Crippen molar-refractivity contribution in [3.63, 3.8) is 0 Å². The molecule has 500 valence electrons. The predicted molar refractivity (Wildman–Crippen MR) is 391 cm³/mol. The van der Waals surface area contributed by atoms with Crippen molar-refractivity contribution < 1.29 is 13.8 Å². The average Bonchev–Trinajstić information content (AvgIpc) is 3.36. The summed E-state index contributed by atoms with van der Waals surface area (Å²) < 4.78 is 10.8. The molecule has 0 bridgehead atoms. The van der Waals surface area contributed by atoms with Crippen molar-refractivity contribution >= 4 is 0 Å². The molecule has 2 aliphatic heterocycles. The molecule has 0 spiro atoms. The van der Waals surface area contributed by atoms with Gasteiger partial charge in [-0.05, 0) is 177 Å². The van der Waals surface area contributed by atoms with Crippen LogP contribution in [-0.2, 0) is 9.47 Å². The molecule has 8 aliphatic rings. The first kappa shape index (κ1) is 98.7. The number of hydrogen-bond acceptors (Lipinski definition) is 2. The predicted octanol–water partition coefficient (Wildman–Crippen LogP) is 29.2. The molecule has 81 heavy (non-hydrogen) atoms. The van der Waals surface area contributed by atoms with E-state index in [1.807, 2.05) is 0 Å². The van der Waals surface area contributed by atoms with Crippen LogP contribution in [0.2, 0.25) is 0 Å². The number of benzene rings is 1. The lowest BCUT2D eigenvalue weighted by Gasteiger charge is -2.23. The molecular formula is C79H172O2. The van der Waals surface area contributed by atoms with Crippen molar-refractivity contribution in [2.45, 2.75) is 371 Å². The van der Waals surface area contributed by atoms with Gasteiger partial charge in [0.25, 0.3) is 0 Å². The maximum atomic E-state index is 5.39. The Morgan fingerprint density at radius 2 is 0.457 bits per heavy atom. The van der Waals surface area contributed by atoms with Crippen LogP contribution in [-0.4, -0.2) is 25.4 Å². The van der Waals surface area contributed by atoms with E-state index in [-0.39, 0.29) is 71.1 Å². The molecule has 9 rings (SSSR count). The van der Waals surface area contributed by atoms with Gasteiger partial charge < -0.3 is 9.47 Å². The van der Waals surface area contributed by atoms with E-state index in [1.54, 1.807) is 11.1 Å². The molecule has 6 fully saturated rings.